The van der Waals surface area contributed by atoms with Gasteiger partial charge in [-0.25, -0.2) is 0 Å². The van der Waals surface area contributed by atoms with E-state index < -0.39 is 0 Å². The van der Waals surface area contributed by atoms with E-state index in [1.165, 1.54) is 33.4 Å². The molecular weight excluding hydrogens is 532 g/mol. The van der Waals surface area contributed by atoms with Crippen LogP contribution < -0.4 is 0 Å². The van der Waals surface area contributed by atoms with Crippen LogP contribution in [0, 0.1) is 0 Å². The molecule has 2 aliphatic carbocycles. The third kappa shape index (κ3) is 14.9. The number of rotatable bonds is 6. The summed E-state index contributed by atoms with van der Waals surface area (Å²) in [7, 11) is 0. The molecule has 0 aromatic heterocycles. The number of nitrogens with zero attached hydrogens (tertiary/aromatic N) is 2. The van der Waals surface area contributed by atoms with Crippen LogP contribution in [0.15, 0.2) is 45.6 Å². The van der Waals surface area contributed by atoms with Crippen LogP contribution in [-0.2, 0) is 28.4 Å². The lowest BCUT2D eigenvalue weighted by molar-refractivity contribution is -0.00567. The zero-order valence-electron chi connectivity index (χ0n) is 27.1. The van der Waals surface area contributed by atoms with Gasteiger partial charge in [0.1, 0.15) is 0 Å². The van der Waals surface area contributed by atoms with E-state index in [9.17, 15) is 0 Å². The molecular formula is C34H58N2O6. The Morgan fingerprint density at radius 3 is 1.00 bits per heavy atom. The minimum atomic E-state index is 0.592. The van der Waals surface area contributed by atoms with E-state index in [0.717, 1.165) is 65.0 Å². The number of hydrogen-bond donors (Lipinski definition) is 0. The van der Waals surface area contributed by atoms with Gasteiger partial charge in [-0.2, -0.15) is 0 Å². The second kappa shape index (κ2) is 21.4. The zero-order chi connectivity index (χ0) is 29.8. The molecule has 0 saturated carbocycles. The summed E-state index contributed by atoms with van der Waals surface area (Å²) < 4.78 is 35.0. The molecule has 1 saturated heterocycles. The molecule has 0 unspecified atom stereocenters. The average Bonchev–Trinajstić information content (AvgIpc) is 3.48. The van der Waals surface area contributed by atoms with Crippen LogP contribution in [-0.4, -0.2) is 128 Å². The van der Waals surface area contributed by atoms with Gasteiger partial charge in [-0.05, 0) is 53.4 Å². The molecule has 0 spiro atoms. The molecule has 240 valence electrons. The maximum Gasteiger partial charge on any atom is 0.0701 e. The van der Waals surface area contributed by atoms with E-state index in [0.29, 0.717) is 79.3 Å². The Morgan fingerprint density at radius 1 is 0.452 bits per heavy atom. The van der Waals surface area contributed by atoms with Gasteiger partial charge in [0.15, 0.2) is 0 Å². The molecule has 1 aliphatic heterocycles. The van der Waals surface area contributed by atoms with Crippen molar-refractivity contribution in [2.75, 3.05) is 119 Å². The predicted molar refractivity (Wildman–Crippen MR) is 169 cm³/mol. The maximum atomic E-state index is 5.89. The number of hydrogen-bond acceptors (Lipinski definition) is 8. The number of allylic oxidation sites excluding steroid dienone is 6. The molecule has 0 aromatic rings. The fraction of sp³-hybridized carbons (Fsp3) is 0.765. The van der Waals surface area contributed by atoms with Crippen LogP contribution >= 0.6 is 0 Å². The van der Waals surface area contributed by atoms with Gasteiger partial charge in [0.25, 0.3) is 0 Å². The van der Waals surface area contributed by atoms with Crippen molar-refractivity contribution in [3.05, 3.63) is 45.6 Å². The van der Waals surface area contributed by atoms with Crippen LogP contribution in [0.2, 0.25) is 0 Å². The molecule has 0 amide bonds. The lowest BCUT2D eigenvalue weighted by Gasteiger charge is -2.23. The van der Waals surface area contributed by atoms with Crippen molar-refractivity contribution in [3.8, 4) is 0 Å². The summed E-state index contributed by atoms with van der Waals surface area (Å²) in [5, 5.41) is 0. The minimum absolute atomic E-state index is 0.592. The second-order valence-corrected chi connectivity index (χ2v) is 11.7. The van der Waals surface area contributed by atoms with Gasteiger partial charge in [-0.3, -0.25) is 9.80 Å². The van der Waals surface area contributed by atoms with Crippen LogP contribution in [0.1, 0.15) is 53.4 Å². The topological polar surface area (TPSA) is 61.9 Å². The molecule has 0 aromatic carbocycles. The molecule has 0 atom stereocenters. The first-order chi connectivity index (χ1) is 20.5. The van der Waals surface area contributed by atoms with E-state index in [1.807, 2.05) is 0 Å². The summed E-state index contributed by atoms with van der Waals surface area (Å²) in [6, 6.07) is 0. The van der Waals surface area contributed by atoms with E-state index in [2.05, 4.69) is 49.6 Å². The molecule has 1 fully saturated rings. The Hall–Kier alpha value is -1.36. The van der Waals surface area contributed by atoms with Gasteiger partial charge in [-0.15, -0.1) is 0 Å². The molecule has 42 heavy (non-hydrogen) atoms. The van der Waals surface area contributed by atoms with Crippen LogP contribution in [0.4, 0.5) is 0 Å². The monoisotopic (exact) mass is 590 g/mol. The first-order valence-electron chi connectivity index (χ1n) is 16.1. The minimum Gasteiger partial charge on any atom is -0.378 e. The highest BCUT2D eigenvalue weighted by atomic mass is 16.5. The summed E-state index contributed by atoms with van der Waals surface area (Å²) in [5.41, 5.74) is 8.89. The van der Waals surface area contributed by atoms with Crippen molar-refractivity contribution in [2.45, 2.75) is 53.4 Å². The van der Waals surface area contributed by atoms with Crippen molar-refractivity contribution in [1.82, 2.24) is 9.80 Å². The third-order valence-corrected chi connectivity index (χ3v) is 8.37. The lowest BCUT2D eigenvalue weighted by atomic mass is 10.1. The summed E-state index contributed by atoms with van der Waals surface area (Å²) in [6.07, 6.45) is 9.12. The van der Waals surface area contributed by atoms with E-state index >= 15 is 0 Å². The van der Waals surface area contributed by atoms with Crippen molar-refractivity contribution in [3.63, 3.8) is 0 Å². The largest absolute Gasteiger partial charge is 0.378 e. The SMILES string of the molecule is CC1=C(C)CC(CCN2CCOCCOCCOCCN(CCC3=CC(C)=C(C)C3)CCOCCOCCOCC2)=C1. The summed E-state index contributed by atoms with van der Waals surface area (Å²) in [5.74, 6) is 0. The fourth-order valence-electron chi connectivity index (χ4n) is 5.37. The van der Waals surface area contributed by atoms with Gasteiger partial charge in [0.05, 0.1) is 79.3 Å². The zero-order valence-corrected chi connectivity index (χ0v) is 27.1. The van der Waals surface area contributed by atoms with E-state index in [4.69, 9.17) is 28.4 Å². The van der Waals surface area contributed by atoms with Gasteiger partial charge in [-0.1, -0.05) is 45.6 Å². The quantitative estimate of drug-likeness (QED) is 0.437. The Labute approximate surface area is 255 Å². The molecule has 8 heteroatoms. The predicted octanol–water partition coefficient (Wildman–Crippen LogP) is 4.82. The smallest absolute Gasteiger partial charge is 0.0701 e. The van der Waals surface area contributed by atoms with Gasteiger partial charge in [0, 0.05) is 39.3 Å². The molecule has 0 N–H and O–H groups in total. The van der Waals surface area contributed by atoms with Gasteiger partial charge < -0.3 is 28.4 Å². The van der Waals surface area contributed by atoms with Crippen LogP contribution in [0.25, 0.3) is 0 Å². The highest BCUT2D eigenvalue weighted by Gasteiger charge is 2.13. The van der Waals surface area contributed by atoms with Gasteiger partial charge in [0.2, 0.25) is 0 Å². The molecule has 1 heterocycles. The fourth-order valence-corrected chi connectivity index (χ4v) is 5.37. The molecule has 3 aliphatic rings. The third-order valence-electron chi connectivity index (χ3n) is 8.37. The Kier molecular flexibility index (Phi) is 17.9. The Bertz CT molecular complexity index is 800. The second-order valence-electron chi connectivity index (χ2n) is 11.7. The van der Waals surface area contributed by atoms with Gasteiger partial charge >= 0.3 is 0 Å². The molecule has 0 bridgehead atoms. The van der Waals surface area contributed by atoms with Crippen LogP contribution in [0.5, 0.6) is 0 Å². The molecule has 8 nitrogen and oxygen atoms in total. The maximum absolute atomic E-state index is 5.89. The normalized spacial score (nSPS) is 23.6. The lowest BCUT2D eigenvalue weighted by Crippen LogP contribution is -2.33. The Morgan fingerprint density at radius 2 is 0.738 bits per heavy atom. The summed E-state index contributed by atoms with van der Waals surface area (Å²) in [4.78, 5) is 4.89. The Balaban J connectivity index is 1.35. The number of ether oxygens (including phenoxy) is 6. The van der Waals surface area contributed by atoms with Crippen molar-refractivity contribution >= 4 is 0 Å². The van der Waals surface area contributed by atoms with E-state index in [1.54, 1.807) is 0 Å². The molecule has 0 radical (unpaired) electrons. The first-order valence-corrected chi connectivity index (χ1v) is 16.1. The van der Waals surface area contributed by atoms with Crippen molar-refractivity contribution < 1.29 is 28.4 Å². The van der Waals surface area contributed by atoms with Crippen LogP contribution in [0.3, 0.4) is 0 Å². The highest BCUT2D eigenvalue weighted by molar-refractivity contribution is 5.37. The highest BCUT2D eigenvalue weighted by Crippen LogP contribution is 2.27. The average molecular weight is 591 g/mol. The first kappa shape index (κ1) is 35.1. The van der Waals surface area contributed by atoms with E-state index in [-0.39, 0.29) is 0 Å². The van der Waals surface area contributed by atoms with Crippen molar-refractivity contribution in [2.24, 2.45) is 0 Å². The standard InChI is InChI=1S/C34H58N2O6/c1-29-25-33(26-30(29)2)5-7-35-9-13-37-17-21-41-23-19-39-15-11-36(8-6-34-27-31(3)32(4)28-34)12-16-40-20-24-42-22-18-38-14-10-35/h25,27H,5-24,26,28H2,1-4H3. The summed E-state index contributed by atoms with van der Waals surface area (Å²) in [6.45, 7) is 22.1. The molecule has 3 rings (SSSR count). The summed E-state index contributed by atoms with van der Waals surface area (Å²) >= 11 is 0. The van der Waals surface area contributed by atoms with Crippen molar-refractivity contribution in [1.29, 1.82) is 0 Å².